The molecule has 0 saturated carbocycles. The quantitative estimate of drug-likeness (QED) is 0.808. The molecule has 0 aliphatic rings. The Hall–Kier alpha value is -2.23. The number of aryl methyl sites for hydroxylation is 1. The van der Waals surface area contributed by atoms with Crippen LogP contribution in [0.2, 0.25) is 0 Å². The van der Waals surface area contributed by atoms with Crippen molar-refractivity contribution in [3.63, 3.8) is 0 Å². The molecule has 0 aliphatic heterocycles. The maximum atomic E-state index is 6.07. The molecule has 0 radical (unpaired) electrons. The second kappa shape index (κ2) is 6.09. The second-order valence-electron chi connectivity index (χ2n) is 4.31. The standard InChI is InChI=1S/C15H19N3O/c1-3-19-14-6-4-5-13(15(14)16)18-10-12-9-17-8-7-11(12)2/h4-9,18H,3,10,16H2,1-2H3. The Kier molecular flexibility index (Phi) is 4.23. The van der Waals surface area contributed by atoms with E-state index in [9.17, 15) is 0 Å². The molecule has 2 rings (SSSR count). The van der Waals surface area contributed by atoms with E-state index in [0.717, 1.165) is 17.0 Å². The van der Waals surface area contributed by atoms with Gasteiger partial charge in [-0.1, -0.05) is 6.07 Å². The molecule has 0 fully saturated rings. The van der Waals surface area contributed by atoms with Crippen molar-refractivity contribution >= 4 is 11.4 Å². The average molecular weight is 257 g/mol. The van der Waals surface area contributed by atoms with E-state index in [1.165, 1.54) is 5.56 Å². The van der Waals surface area contributed by atoms with Crippen molar-refractivity contribution in [3.8, 4) is 5.75 Å². The molecule has 19 heavy (non-hydrogen) atoms. The fourth-order valence-electron chi connectivity index (χ4n) is 1.85. The number of hydrogen-bond donors (Lipinski definition) is 2. The lowest BCUT2D eigenvalue weighted by Crippen LogP contribution is -2.05. The topological polar surface area (TPSA) is 60.2 Å². The number of para-hydroxylation sites is 1. The molecule has 0 bridgehead atoms. The molecule has 0 aliphatic carbocycles. The van der Waals surface area contributed by atoms with E-state index >= 15 is 0 Å². The predicted octanol–water partition coefficient (Wildman–Crippen LogP) is 2.98. The maximum Gasteiger partial charge on any atom is 0.144 e. The molecule has 100 valence electrons. The second-order valence-corrected chi connectivity index (χ2v) is 4.31. The highest BCUT2D eigenvalue weighted by molar-refractivity contribution is 5.72. The number of aromatic nitrogens is 1. The van der Waals surface area contributed by atoms with Crippen LogP contribution < -0.4 is 15.8 Å². The fraction of sp³-hybridized carbons (Fsp3) is 0.267. The number of nitrogen functional groups attached to an aromatic ring is 1. The smallest absolute Gasteiger partial charge is 0.144 e. The predicted molar refractivity (Wildman–Crippen MR) is 78.3 cm³/mol. The lowest BCUT2D eigenvalue weighted by molar-refractivity contribution is 0.342. The van der Waals surface area contributed by atoms with Gasteiger partial charge in [-0.3, -0.25) is 4.98 Å². The summed E-state index contributed by atoms with van der Waals surface area (Å²) < 4.78 is 5.48. The first-order valence-electron chi connectivity index (χ1n) is 6.37. The van der Waals surface area contributed by atoms with Crippen LogP contribution in [0.1, 0.15) is 18.1 Å². The van der Waals surface area contributed by atoms with Crippen molar-refractivity contribution in [1.82, 2.24) is 4.98 Å². The van der Waals surface area contributed by atoms with Gasteiger partial charge in [0, 0.05) is 18.9 Å². The summed E-state index contributed by atoms with van der Waals surface area (Å²) in [5, 5.41) is 3.32. The molecule has 0 saturated heterocycles. The van der Waals surface area contributed by atoms with Crippen LogP contribution in [-0.4, -0.2) is 11.6 Å². The summed E-state index contributed by atoms with van der Waals surface area (Å²) in [5.74, 6) is 0.718. The molecule has 1 heterocycles. The van der Waals surface area contributed by atoms with Crippen LogP contribution in [-0.2, 0) is 6.54 Å². The third-order valence-electron chi connectivity index (χ3n) is 2.98. The lowest BCUT2D eigenvalue weighted by Gasteiger charge is -2.13. The van der Waals surface area contributed by atoms with E-state index in [0.29, 0.717) is 18.8 Å². The number of benzene rings is 1. The van der Waals surface area contributed by atoms with Gasteiger partial charge in [-0.15, -0.1) is 0 Å². The number of nitrogens with zero attached hydrogens (tertiary/aromatic N) is 1. The molecule has 1 aromatic carbocycles. The minimum atomic E-state index is 0.607. The van der Waals surface area contributed by atoms with Gasteiger partial charge in [-0.05, 0) is 43.2 Å². The van der Waals surface area contributed by atoms with Crippen molar-refractivity contribution in [2.75, 3.05) is 17.7 Å². The van der Waals surface area contributed by atoms with Gasteiger partial charge in [-0.2, -0.15) is 0 Å². The summed E-state index contributed by atoms with van der Waals surface area (Å²) in [6, 6.07) is 7.75. The van der Waals surface area contributed by atoms with Crippen molar-refractivity contribution in [2.45, 2.75) is 20.4 Å². The summed E-state index contributed by atoms with van der Waals surface area (Å²) in [4.78, 5) is 4.13. The van der Waals surface area contributed by atoms with E-state index in [4.69, 9.17) is 10.5 Å². The van der Waals surface area contributed by atoms with Gasteiger partial charge in [0.15, 0.2) is 0 Å². The first kappa shape index (κ1) is 13.2. The molecule has 4 heteroatoms. The fourth-order valence-corrected chi connectivity index (χ4v) is 1.85. The van der Waals surface area contributed by atoms with Crippen LogP contribution in [0.3, 0.4) is 0 Å². The molecule has 0 unspecified atom stereocenters. The molecular formula is C15H19N3O. The zero-order chi connectivity index (χ0) is 13.7. The van der Waals surface area contributed by atoms with Crippen molar-refractivity contribution in [3.05, 3.63) is 47.8 Å². The van der Waals surface area contributed by atoms with E-state index in [1.807, 2.05) is 37.4 Å². The summed E-state index contributed by atoms with van der Waals surface area (Å²) in [6.07, 6.45) is 3.66. The molecule has 4 nitrogen and oxygen atoms in total. The summed E-state index contributed by atoms with van der Waals surface area (Å²) >= 11 is 0. The van der Waals surface area contributed by atoms with Crippen LogP contribution in [0.5, 0.6) is 5.75 Å². The van der Waals surface area contributed by atoms with E-state index in [-0.39, 0.29) is 0 Å². The zero-order valence-electron chi connectivity index (χ0n) is 11.3. The van der Waals surface area contributed by atoms with Crippen molar-refractivity contribution < 1.29 is 4.74 Å². The molecule has 3 N–H and O–H groups in total. The number of nitrogens with two attached hydrogens (primary N) is 1. The van der Waals surface area contributed by atoms with Crippen LogP contribution in [0.4, 0.5) is 11.4 Å². The highest BCUT2D eigenvalue weighted by Gasteiger charge is 2.06. The van der Waals surface area contributed by atoms with E-state index in [1.54, 1.807) is 6.20 Å². The van der Waals surface area contributed by atoms with Crippen LogP contribution in [0.15, 0.2) is 36.7 Å². The number of rotatable bonds is 5. The summed E-state index contributed by atoms with van der Waals surface area (Å²) in [5.41, 5.74) is 9.96. The molecule has 1 aromatic heterocycles. The summed E-state index contributed by atoms with van der Waals surface area (Å²) in [6.45, 7) is 5.31. The lowest BCUT2D eigenvalue weighted by atomic mass is 10.1. The Morgan fingerprint density at radius 2 is 2.16 bits per heavy atom. The normalized spacial score (nSPS) is 10.2. The van der Waals surface area contributed by atoms with Gasteiger partial charge in [0.25, 0.3) is 0 Å². The Labute approximate surface area is 113 Å². The largest absolute Gasteiger partial charge is 0.492 e. The number of ether oxygens (including phenoxy) is 1. The molecule has 0 atom stereocenters. The van der Waals surface area contributed by atoms with Gasteiger partial charge in [0.2, 0.25) is 0 Å². The first-order chi connectivity index (χ1) is 9.22. The molecule has 0 spiro atoms. The Morgan fingerprint density at radius 3 is 2.89 bits per heavy atom. The van der Waals surface area contributed by atoms with Crippen LogP contribution >= 0.6 is 0 Å². The number of pyridine rings is 1. The monoisotopic (exact) mass is 257 g/mol. The number of anilines is 2. The first-order valence-corrected chi connectivity index (χ1v) is 6.37. The highest BCUT2D eigenvalue weighted by atomic mass is 16.5. The maximum absolute atomic E-state index is 6.07. The van der Waals surface area contributed by atoms with Gasteiger partial charge < -0.3 is 15.8 Å². The van der Waals surface area contributed by atoms with E-state index in [2.05, 4.69) is 17.2 Å². The van der Waals surface area contributed by atoms with E-state index < -0.39 is 0 Å². The molecular weight excluding hydrogens is 238 g/mol. The molecule has 0 amide bonds. The Bertz CT molecular complexity index is 555. The van der Waals surface area contributed by atoms with Crippen molar-refractivity contribution in [1.29, 1.82) is 0 Å². The SMILES string of the molecule is CCOc1cccc(NCc2cnccc2C)c1N. The Balaban J connectivity index is 2.12. The van der Waals surface area contributed by atoms with Gasteiger partial charge in [0.1, 0.15) is 5.75 Å². The van der Waals surface area contributed by atoms with Crippen LogP contribution in [0, 0.1) is 6.92 Å². The summed E-state index contributed by atoms with van der Waals surface area (Å²) in [7, 11) is 0. The zero-order valence-corrected chi connectivity index (χ0v) is 11.3. The number of nitrogens with one attached hydrogen (secondary N) is 1. The number of hydrogen-bond acceptors (Lipinski definition) is 4. The minimum Gasteiger partial charge on any atom is -0.492 e. The average Bonchev–Trinajstić information content (AvgIpc) is 2.42. The van der Waals surface area contributed by atoms with Gasteiger partial charge >= 0.3 is 0 Å². The third-order valence-corrected chi connectivity index (χ3v) is 2.98. The van der Waals surface area contributed by atoms with Crippen molar-refractivity contribution in [2.24, 2.45) is 0 Å². The van der Waals surface area contributed by atoms with Gasteiger partial charge in [0.05, 0.1) is 18.0 Å². The highest BCUT2D eigenvalue weighted by Crippen LogP contribution is 2.29. The molecule has 2 aromatic rings. The Morgan fingerprint density at radius 1 is 1.32 bits per heavy atom. The third kappa shape index (κ3) is 3.16. The van der Waals surface area contributed by atoms with Gasteiger partial charge in [-0.25, -0.2) is 0 Å². The minimum absolute atomic E-state index is 0.607. The van der Waals surface area contributed by atoms with Crippen LogP contribution in [0.25, 0.3) is 0 Å².